The van der Waals surface area contributed by atoms with Crippen LogP contribution in [0.2, 0.25) is 0 Å². The van der Waals surface area contributed by atoms with E-state index in [9.17, 15) is 25.6 Å². The number of anilines is 2. The summed E-state index contributed by atoms with van der Waals surface area (Å²) in [5.41, 5.74) is 2.22. The van der Waals surface area contributed by atoms with Gasteiger partial charge in [-0.1, -0.05) is 19.9 Å². The van der Waals surface area contributed by atoms with Crippen LogP contribution >= 0.6 is 0 Å². The van der Waals surface area contributed by atoms with Crippen LogP contribution in [0.5, 0.6) is 11.5 Å². The number of benzene rings is 4. The van der Waals surface area contributed by atoms with Crippen LogP contribution in [-0.2, 0) is 19.7 Å². The van der Waals surface area contributed by atoms with Gasteiger partial charge in [-0.05, 0) is 116 Å². The molecule has 10 nitrogen and oxygen atoms in total. The number of ether oxygens (including phenoxy) is 2. The van der Waals surface area contributed by atoms with E-state index in [1.807, 2.05) is 0 Å². The van der Waals surface area contributed by atoms with Gasteiger partial charge in [-0.3, -0.25) is 9.97 Å². The molecule has 0 amide bonds. The second-order valence-corrected chi connectivity index (χ2v) is 18.8. The third kappa shape index (κ3) is 8.30. The molecule has 0 aliphatic carbocycles. The van der Waals surface area contributed by atoms with Crippen molar-refractivity contribution in [2.45, 2.75) is 59.1 Å². The average Bonchev–Trinajstić information content (AvgIpc) is 3.23. The van der Waals surface area contributed by atoms with Crippen molar-refractivity contribution in [3.05, 3.63) is 109 Å². The lowest BCUT2D eigenvalue weighted by atomic mass is 9.98. The molecule has 2 aliphatic heterocycles. The second-order valence-electron chi connectivity index (χ2n) is 15.0. The van der Waals surface area contributed by atoms with Crippen LogP contribution in [0.1, 0.15) is 39.5 Å². The Hall–Kier alpha value is -5.34. The molecule has 4 aromatic carbocycles. The molecule has 0 bridgehead atoms. The van der Waals surface area contributed by atoms with E-state index >= 15 is 0 Å². The number of fused-ring (bicyclic) bond motifs is 2. The van der Waals surface area contributed by atoms with E-state index in [-0.39, 0.29) is 19.6 Å². The molecule has 0 radical (unpaired) electrons. The van der Waals surface area contributed by atoms with Gasteiger partial charge in [-0.25, -0.2) is 25.6 Å². The lowest BCUT2D eigenvalue weighted by molar-refractivity contribution is 0.413. The molecule has 0 spiro atoms. The normalized spacial score (nSPS) is 15.6. The Labute approximate surface area is 338 Å². The molecule has 0 unspecified atom stereocenters. The number of aromatic nitrogens is 2. The van der Waals surface area contributed by atoms with Gasteiger partial charge in [0.2, 0.25) is 19.7 Å². The highest BCUT2D eigenvalue weighted by Crippen LogP contribution is 2.40. The number of hydrogen-bond donors (Lipinski definition) is 0. The summed E-state index contributed by atoms with van der Waals surface area (Å²) in [5.74, 6) is 1.37. The number of sulfone groups is 2. The van der Waals surface area contributed by atoms with Crippen molar-refractivity contribution < 1.29 is 35.1 Å². The zero-order valence-electron chi connectivity index (χ0n) is 32.9. The number of hydrogen-bond acceptors (Lipinski definition) is 10. The Morgan fingerprint density at radius 1 is 0.569 bits per heavy atom. The number of nitrogens with zero attached hydrogens (tertiary/aromatic N) is 4. The molecule has 2 saturated heterocycles. The lowest BCUT2D eigenvalue weighted by Gasteiger charge is -2.34. The van der Waals surface area contributed by atoms with Crippen molar-refractivity contribution >= 4 is 52.9 Å². The zero-order valence-corrected chi connectivity index (χ0v) is 34.5. The highest BCUT2D eigenvalue weighted by molar-refractivity contribution is 7.92. The van der Waals surface area contributed by atoms with Crippen LogP contribution in [0.3, 0.4) is 0 Å². The van der Waals surface area contributed by atoms with E-state index in [2.05, 4.69) is 33.6 Å². The number of methoxy groups -OCH3 is 2. The third-order valence-electron chi connectivity index (χ3n) is 11.0. The van der Waals surface area contributed by atoms with Gasteiger partial charge in [0.05, 0.1) is 46.4 Å². The summed E-state index contributed by atoms with van der Waals surface area (Å²) >= 11 is 0. The summed E-state index contributed by atoms with van der Waals surface area (Å²) in [6.07, 6.45) is 6.62. The first-order chi connectivity index (χ1) is 27.8. The SMILES string of the molecule is COc1ccc(S(=O)(=O)c2cnc3ccc(F)cc3c2N2CCC(C)CC2)cc1.COc1cccc(S(=O)(=O)c2cnc3ccc(F)cc3c2N2CCC(C)CC2)c1. The predicted molar refractivity (Wildman–Crippen MR) is 222 cm³/mol. The maximum Gasteiger partial charge on any atom is 0.210 e. The number of rotatable bonds is 8. The molecule has 304 valence electrons. The molecular formula is C44H46F2N4O6S2. The maximum atomic E-state index is 14.1. The molecule has 58 heavy (non-hydrogen) atoms. The minimum atomic E-state index is -3.88. The predicted octanol–water partition coefficient (Wildman–Crippen LogP) is 8.90. The van der Waals surface area contributed by atoms with E-state index in [0.29, 0.717) is 56.5 Å². The van der Waals surface area contributed by atoms with Gasteiger partial charge >= 0.3 is 0 Å². The first-order valence-electron chi connectivity index (χ1n) is 19.2. The van der Waals surface area contributed by atoms with Crippen LogP contribution in [-0.4, -0.2) is 67.2 Å². The van der Waals surface area contributed by atoms with Crippen molar-refractivity contribution in [1.29, 1.82) is 0 Å². The Morgan fingerprint density at radius 3 is 1.47 bits per heavy atom. The number of pyridine rings is 2. The van der Waals surface area contributed by atoms with Gasteiger partial charge in [-0.15, -0.1) is 0 Å². The zero-order chi connectivity index (χ0) is 41.2. The molecular weight excluding hydrogens is 783 g/mol. The van der Waals surface area contributed by atoms with Gasteiger partial charge in [0.15, 0.2) is 0 Å². The van der Waals surface area contributed by atoms with E-state index in [0.717, 1.165) is 51.9 Å². The largest absolute Gasteiger partial charge is 0.497 e. The third-order valence-corrected chi connectivity index (χ3v) is 14.6. The smallest absolute Gasteiger partial charge is 0.210 e. The second kappa shape index (κ2) is 16.9. The summed E-state index contributed by atoms with van der Waals surface area (Å²) < 4.78 is 92.5. The molecule has 2 fully saturated rings. The minimum Gasteiger partial charge on any atom is -0.497 e. The highest BCUT2D eigenvalue weighted by atomic mass is 32.2. The maximum absolute atomic E-state index is 14.1. The first-order valence-corrected chi connectivity index (χ1v) is 22.2. The molecule has 0 N–H and O–H groups in total. The molecule has 2 aliphatic rings. The van der Waals surface area contributed by atoms with E-state index < -0.39 is 31.3 Å². The number of halogens is 2. The van der Waals surface area contributed by atoms with Crippen molar-refractivity contribution in [1.82, 2.24) is 9.97 Å². The average molecular weight is 829 g/mol. The van der Waals surface area contributed by atoms with Crippen LogP contribution in [0.4, 0.5) is 20.2 Å². The van der Waals surface area contributed by atoms with E-state index in [4.69, 9.17) is 9.47 Å². The van der Waals surface area contributed by atoms with Crippen molar-refractivity contribution in [2.75, 3.05) is 50.2 Å². The van der Waals surface area contributed by atoms with E-state index in [1.54, 1.807) is 36.4 Å². The summed E-state index contributed by atoms with van der Waals surface area (Å²) in [6.45, 7) is 7.27. The fraction of sp³-hybridized carbons (Fsp3) is 0.318. The Balaban J connectivity index is 0.000000177. The Bertz CT molecular complexity index is 2660. The summed E-state index contributed by atoms with van der Waals surface area (Å²) in [5, 5.41) is 1.04. The highest BCUT2D eigenvalue weighted by Gasteiger charge is 2.31. The topological polar surface area (TPSA) is 119 Å². The Morgan fingerprint density at radius 2 is 1.02 bits per heavy atom. The quantitative estimate of drug-likeness (QED) is 0.147. The van der Waals surface area contributed by atoms with Gasteiger partial charge in [0.1, 0.15) is 32.9 Å². The van der Waals surface area contributed by atoms with E-state index in [1.165, 1.54) is 75.1 Å². The van der Waals surface area contributed by atoms with Crippen molar-refractivity contribution in [3.8, 4) is 11.5 Å². The fourth-order valence-corrected chi connectivity index (χ4v) is 10.5. The van der Waals surface area contributed by atoms with Gasteiger partial charge in [-0.2, -0.15) is 0 Å². The Kier molecular flexibility index (Phi) is 11.9. The van der Waals surface area contributed by atoms with Crippen LogP contribution in [0.15, 0.2) is 117 Å². The fourth-order valence-electron chi connectivity index (χ4n) is 7.55. The van der Waals surface area contributed by atoms with Gasteiger partial charge in [0, 0.05) is 49.3 Å². The summed E-state index contributed by atoms with van der Waals surface area (Å²) in [7, 11) is -4.70. The molecule has 8 rings (SSSR count). The van der Waals surface area contributed by atoms with Crippen molar-refractivity contribution in [2.24, 2.45) is 11.8 Å². The minimum absolute atomic E-state index is 0.0957. The molecule has 0 saturated carbocycles. The molecule has 2 aromatic heterocycles. The first kappa shape index (κ1) is 40.8. The van der Waals surface area contributed by atoms with Crippen LogP contribution < -0.4 is 19.3 Å². The van der Waals surface area contributed by atoms with Gasteiger partial charge < -0.3 is 19.3 Å². The molecule has 6 aromatic rings. The monoisotopic (exact) mass is 828 g/mol. The van der Waals surface area contributed by atoms with Gasteiger partial charge in [0.25, 0.3) is 0 Å². The summed E-state index contributed by atoms with van der Waals surface area (Å²) in [6, 6.07) is 21.2. The van der Waals surface area contributed by atoms with Crippen molar-refractivity contribution in [3.63, 3.8) is 0 Å². The molecule has 14 heteroatoms. The lowest BCUT2D eigenvalue weighted by Crippen LogP contribution is -2.34. The molecule has 0 atom stereocenters. The van der Waals surface area contributed by atoms with Crippen LogP contribution in [0.25, 0.3) is 21.8 Å². The summed E-state index contributed by atoms with van der Waals surface area (Å²) in [4.78, 5) is 13.2. The standard InChI is InChI=1S/2C22H23FN2O3S/c1-15-9-11-25(12-10-15)22-19-13-16(23)3-8-20(19)24-14-21(22)29(26,27)18-6-4-17(28-2)5-7-18;1-15-8-10-25(11-9-15)22-19-12-16(23)6-7-20(19)24-14-21(22)29(26,27)18-5-3-4-17(13-18)28-2/h3-8,13-15H,9-12H2,1-2H3;3-7,12-15H,8-11H2,1-2H3. The van der Waals surface area contributed by atoms with Crippen LogP contribution in [0, 0.1) is 23.5 Å². The number of piperidine rings is 2. The molecule has 4 heterocycles.